The fourth-order valence-corrected chi connectivity index (χ4v) is 2.12. The van der Waals surface area contributed by atoms with Gasteiger partial charge in [-0.2, -0.15) is 0 Å². The van der Waals surface area contributed by atoms with Gasteiger partial charge in [0.05, 0.1) is 0 Å². The standard InChI is InChI=1S/C15H22O/c1-4-8-12(3)11-15(16)14-10-7-6-9-13(14)5-2/h6-7,9-10,12H,4-5,8,11H2,1-3H3. The molecular weight excluding hydrogens is 196 g/mol. The SMILES string of the molecule is CCCC(C)CC(=O)c1ccccc1CC. The Balaban J connectivity index is 2.72. The molecule has 16 heavy (non-hydrogen) atoms. The van der Waals surface area contributed by atoms with E-state index in [1.165, 1.54) is 5.56 Å². The molecule has 0 aliphatic heterocycles. The summed E-state index contributed by atoms with van der Waals surface area (Å²) in [5.74, 6) is 0.806. The predicted molar refractivity (Wildman–Crippen MR) is 68.8 cm³/mol. The molecule has 0 amide bonds. The van der Waals surface area contributed by atoms with Gasteiger partial charge in [-0.25, -0.2) is 0 Å². The number of aryl methyl sites for hydroxylation is 1. The van der Waals surface area contributed by atoms with E-state index >= 15 is 0 Å². The van der Waals surface area contributed by atoms with Gasteiger partial charge < -0.3 is 0 Å². The van der Waals surface area contributed by atoms with Crippen molar-refractivity contribution in [3.63, 3.8) is 0 Å². The van der Waals surface area contributed by atoms with Gasteiger partial charge in [-0.3, -0.25) is 4.79 Å². The summed E-state index contributed by atoms with van der Waals surface area (Å²) in [7, 11) is 0. The number of ketones is 1. The third-order valence-corrected chi connectivity index (χ3v) is 3.01. The average Bonchev–Trinajstić information content (AvgIpc) is 2.29. The van der Waals surface area contributed by atoms with Crippen LogP contribution in [-0.4, -0.2) is 5.78 Å². The van der Waals surface area contributed by atoms with Crippen LogP contribution >= 0.6 is 0 Å². The smallest absolute Gasteiger partial charge is 0.163 e. The second-order valence-electron chi connectivity index (χ2n) is 4.53. The fourth-order valence-electron chi connectivity index (χ4n) is 2.12. The number of benzene rings is 1. The van der Waals surface area contributed by atoms with E-state index in [9.17, 15) is 4.79 Å². The van der Waals surface area contributed by atoms with Gasteiger partial charge in [0.15, 0.2) is 5.78 Å². The van der Waals surface area contributed by atoms with Gasteiger partial charge in [0, 0.05) is 12.0 Å². The summed E-state index contributed by atoms with van der Waals surface area (Å²) in [4.78, 5) is 12.1. The summed E-state index contributed by atoms with van der Waals surface area (Å²) < 4.78 is 0. The highest BCUT2D eigenvalue weighted by Crippen LogP contribution is 2.17. The molecule has 1 unspecified atom stereocenters. The lowest BCUT2D eigenvalue weighted by molar-refractivity contribution is 0.0961. The van der Waals surface area contributed by atoms with E-state index in [0.717, 1.165) is 24.8 Å². The Morgan fingerprint density at radius 3 is 2.56 bits per heavy atom. The van der Waals surface area contributed by atoms with Crippen LogP contribution in [0.15, 0.2) is 24.3 Å². The van der Waals surface area contributed by atoms with Crippen LogP contribution in [0.5, 0.6) is 0 Å². The Morgan fingerprint density at radius 1 is 1.25 bits per heavy atom. The van der Waals surface area contributed by atoms with Gasteiger partial charge >= 0.3 is 0 Å². The van der Waals surface area contributed by atoms with Gasteiger partial charge in [-0.15, -0.1) is 0 Å². The fraction of sp³-hybridized carbons (Fsp3) is 0.533. The van der Waals surface area contributed by atoms with E-state index in [1.54, 1.807) is 0 Å². The van der Waals surface area contributed by atoms with Crippen molar-refractivity contribution in [2.75, 3.05) is 0 Å². The van der Waals surface area contributed by atoms with Crippen molar-refractivity contribution in [3.05, 3.63) is 35.4 Å². The van der Waals surface area contributed by atoms with Gasteiger partial charge in [-0.1, -0.05) is 57.9 Å². The molecule has 0 aliphatic carbocycles. The molecule has 0 bridgehead atoms. The minimum Gasteiger partial charge on any atom is -0.294 e. The number of carbonyl (C=O) groups is 1. The predicted octanol–water partition coefficient (Wildman–Crippen LogP) is 4.26. The van der Waals surface area contributed by atoms with Crippen LogP contribution < -0.4 is 0 Å². The molecule has 0 spiro atoms. The molecular formula is C15H22O. The first-order valence-electron chi connectivity index (χ1n) is 6.30. The van der Waals surface area contributed by atoms with Crippen LogP contribution in [0.2, 0.25) is 0 Å². The van der Waals surface area contributed by atoms with E-state index in [-0.39, 0.29) is 0 Å². The number of hydrogen-bond donors (Lipinski definition) is 0. The minimum absolute atomic E-state index is 0.304. The molecule has 1 atom stereocenters. The molecule has 0 saturated carbocycles. The van der Waals surface area contributed by atoms with Crippen LogP contribution in [0.1, 0.15) is 56.0 Å². The molecule has 0 aromatic heterocycles. The molecule has 88 valence electrons. The summed E-state index contributed by atoms with van der Waals surface area (Å²) in [6.07, 6.45) is 3.92. The molecule has 0 radical (unpaired) electrons. The normalized spacial score (nSPS) is 12.4. The Morgan fingerprint density at radius 2 is 1.94 bits per heavy atom. The number of carbonyl (C=O) groups excluding carboxylic acids is 1. The van der Waals surface area contributed by atoms with Crippen LogP contribution in [-0.2, 0) is 6.42 Å². The summed E-state index contributed by atoms with van der Waals surface area (Å²) in [6, 6.07) is 7.97. The van der Waals surface area contributed by atoms with E-state index < -0.39 is 0 Å². The van der Waals surface area contributed by atoms with Gasteiger partial charge in [0.2, 0.25) is 0 Å². The summed E-state index contributed by atoms with van der Waals surface area (Å²) in [5.41, 5.74) is 2.10. The van der Waals surface area contributed by atoms with Crippen molar-refractivity contribution in [1.29, 1.82) is 0 Å². The number of hydrogen-bond acceptors (Lipinski definition) is 1. The Labute approximate surface area is 98.9 Å². The maximum atomic E-state index is 12.1. The third-order valence-electron chi connectivity index (χ3n) is 3.01. The van der Waals surface area contributed by atoms with Crippen LogP contribution in [0.25, 0.3) is 0 Å². The summed E-state index contributed by atoms with van der Waals surface area (Å²) in [5, 5.41) is 0. The quantitative estimate of drug-likeness (QED) is 0.652. The molecule has 0 aliphatic rings. The lowest BCUT2D eigenvalue weighted by Gasteiger charge is -2.11. The summed E-state index contributed by atoms with van der Waals surface area (Å²) in [6.45, 7) is 6.43. The van der Waals surface area contributed by atoms with E-state index in [2.05, 4.69) is 26.8 Å². The number of Topliss-reactive ketones (excluding diaryl/α,β-unsaturated/α-hetero) is 1. The first-order valence-corrected chi connectivity index (χ1v) is 6.30. The van der Waals surface area contributed by atoms with Crippen molar-refractivity contribution < 1.29 is 4.79 Å². The highest BCUT2D eigenvalue weighted by atomic mass is 16.1. The molecule has 0 saturated heterocycles. The van der Waals surface area contributed by atoms with E-state index in [4.69, 9.17) is 0 Å². The van der Waals surface area contributed by atoms with Crippen molar-refractivity contribution >= 4 is 5.78 Å². The highest BCUT2D eigenvalue weighted by Gasteiger charge is 2.13. The van der Waals surface area contributed by atoms with Crippen LogP contribution in [0.4, 0.5) is 0 Å². The van der Waals surface area contributed by atoms with Crippen molar-refractivity contribution in [2.45, 2.75) is 46.5 Å². The van der Waals surface area contributed by atoms with Crippen LogP contribution in [0, 0.1) is 5.92 Å². The Kier molecular flexibility index (Phi) is 5.24. The average molecular weight is 218 g/mol. The zero-order chi connectivity index (χ0) is 12.0. The monoisotopic (exact) mass is 218 g/mol. The first kappa shape index (κ1) is 13.0. The summed E-state index contributed by atoms with van der Waals surface area (Å²) >= 11 is 0. The topological polar surface area (TPSA) is 17.1 Å². The lowest BCUT2D eigenvalue weighted by Crippen LogP contribution is -2.08. The number of rotatable bonds is 6. The molecule has 0 heterocycles. The molecule has 1 rings (SSSR count). The van der Waals surface area contributed by atoms with Crippen molar-refractivity contribution in [1.82, 2.24) is 0 Å². The molecule has 1 aromatic rings. The van der Waals surface area contributed by atoms with Crippen molar-refractivity contribution in [2.24, 2.45) is 5.92 Å². The Bertz CT molecular complexity index is 341. The maximum absolute atomic E-state index is 12.1. The van der Waals surface area contributed by atoms with Gasteiger partial charge in [0.25, 0.3) is 0 Å². The molecule has 0 N–H and O–H groups in total. The second-order valence-corrected chi connectivity index (χ2v) is 4.53. The third kappa shape index (κ3) is 3.48. The largest absolute Gasteiger partial charge is 0.294 e. The highest BCUT2D eigenvalue weighted by molar-refractivity contribution is 5.97. The molecule has 1 nitrogen and oxygen atoms in total. The molecule has 0 fully saturated rings. The molecule has 1 heteroatoms. The van der Waals surface area contributed by atoms with Crippen LogP contribution in [0.3, 0.4) is 0 Å². The lowest BCUT2D eigenvalue weighted by atomic mass is 9.93. The zero-order valence-corrected chi connectivity index (χ0v) is 10.6. The van der Waals surface area contributed by atoms with E-state index in [0.29, 0.717) is 18.1 Å². The van der Waals surface area contributed by atoms with Gasteiger partial charge in [0.1, 0.15) is 0 Å². The second kappa shape index (κ2) is 6.47. The molecule has 1 aromatic carbocycles. The van der Waals surface area contributed by atoms with Gasteiger partial charge in [-0.05, 0) is 17.9 Å². The van der Waals surface area contributed by atoms with E-state index in [1.807, 2.05) is 18.2 Å². The first-order chi connectivity index (χ1) is 7.69. The van der Waals surface area contributed by atoms with Crippen molar-refractivity contribution in [3.8, 4) is 0 Å². The minimum atomic E-state index is 0.304. The Hall–Kier alpha value is -1.11. The maximum Gasteiger partial charge on any atom is 0.163 e. The zero-order valence-electron chi connectivity index (χ0n) is 10.6.